The predicted molar refractivity (Wildman–Crippen MR) is 139 cm³/mol. The molecule has 1 aromatic heterocycles. The summed E-state index contributed by atoms with van der Waals surface area (Å²) in [4.78, 5) is 23.8. The number of rotatable bonds is 6. The van der Waals surface area contributed by atoms with E-state index in [-0.39, 0.29) is 11.9 Å². The molecule has 1 N–H and O–H groups in total. The molecule has 1 aliphatic heterocycles. The van der Waals surface area contributed by atoms with Crippen LogP contribution in [0.4, 0.5) is 10.7 Å². The fourth-order valence-electron chi connectivity index (χ4n) is 4.99. The molecule has 3 aromatic rings. The molecule has 6 nitrogen and oxygen atoms in total. The number of amides is 1. The minimum atomic E-state index is -0.527. The lowest BCUT2D eigenvalue weighted by Crippen LogP contribution is -2.31. The second-order valence-electron chi connectivity index (χ2n) is 9.10. The zero-order valence-corrected chi connectivity index (χ0v) is 21.0. The highest BCUT2D eigenvalue weighted by molar-refractivity contribution is 6.42. The molecule has 0 bridgehead atoms. The molecule has 0 radical (unpaired) electrons. The molecule has 182 valence electrons. The molecule has 2 aromatic carbocycles. The Morgan fingerprint density at radius 3 is 2.74 bits per heavy atom. The number of anilines is 1. The van der Waals surface area contributed by atoms with Gasteiger partial charge in [0.2, 0.25) is 5.95 Å². The highest BCUT2D eigenvalue weighted by Crippen LogP contribution is 2.42. The predicted octanol–water partition coefficient (Wildman–Crippen LogP) is 6.56. The van der Waals surface area contributed by atoms with Crippen LogP contribution in [0, 0.1) is 0 Å². The van der Waals surface area contributed by atoms with Crippen LogP contribution in [0.3, 0.4) is 0 Å². The van der Waals surface area contributed by atoms with Crippen molar-refractivity contribution in [3.8, 4) is 11.3 Å². The van der Waals surface area contributed by atoms with Gasteiger partial charge in [-0.15, -0.1) is 0 Å². The van der Waals surface area contributed by atoms with Crippen molar-refractivity contribution in [3.63, 3.8) is 0 Å². The van der Waals surface area contributed by atoms with Crippen LogP contribution in [0.25, 0.3) is 11.3 Å². The van der Waals surface area contributed by atoms with E-state index in [1.807, 2.05) is 36.4 Å². The van der Waals surface area contributed by atoms with Crippen LogP contribution < -0.4 is 5.32 Å². The third kappa shape index (κ3) is 5.61. The van der Waals surface area contributed by atoms with Crippen molar-refractivity contribution in [2.75, 3.05) is 31.6 Å². The molecule has 0 spiro atoms. The minimum absolute atomic E-state index is 0.112. The third-order valence-electron chi connectivity index (χ3n) is 6.74. The average molecular weight is 511 g/mol. The topological polar surface area (TPSA) is 67.3 Å². The van der Waals surface area contributed by atoms with Crippen molar-refractivity contribution >= 4 is 35.2 Å². The summed E-state index contributed by atoms with van der Waals surface area (Å²) in [7, 11) is 0. The Morgan fingerprint density at radius 1 is 1.09 bits per heavy atom. The van der Waals surface area contributed by atoms with Gasteiger partial charge >= 0.3 is 6.09 Å². The standard InChI is InChI=1S/C27H28Cl2N4O2/c28-23-10-9-18(16-24(23)29)22-15-19-17-30-26(31-25(19)21-8-3-2-7-20(21)22)32-27(34)35-14-6-13-33-11-4-1-5-12-33/h2-3,7-10,16-17,22H,1,4-6,11-15H2,(H,30,31,32,34)/t22-/m0/s1. The Hall–Kier alpha value is -2.67. The third-order valence-corrected chi connectivity index (χ3v) is 7.48. The van der Waals surface area contributed by atoms with Crippen molar-refractivity contribution in [3.05, 3.63) is 75.4 Å². The van der Waals surface area contributed by atoms with E-state index in [1.54, 1.807) is 6.20 Å². The average Bonchev–Trinajstić information content (AvgIpc) is 2.88. The highest BCUT2D eigenvalue weighted by atomic mass is 35.5. The Kier molecular flexibility index (Phi) is 7.51. The zero-order valence-electron chi connectivity index (χ0n) is 19.5. The van der Waals surface area contributed by atoms with E-state index in [0.717, 1.165) is 60.4 Å². The summed E-state index contributed by atoms with van der Waals surface area (Å²) in [6.07, 6.45) is 6.64. The number of carbonyl (C=O) groups excluding carboxylic acids is 1. The van der Waals surface area contributed by atoms with Gasteiger partial charge in [-0.2, -0.15) is 0 Å². The van der Waals surface area contributed by atoms with Gasteiger partial charge < -0.3 is 9.64 Å². The van der Waals surface area contributed by atoms with E-state index in [1.165, 1.54) is 19.3 Å². The largest absolute Gasteiger partial charge is 0.449 e. The lowest BCUT2D eigenvalue weighted by Gasteiger charge is -2.27. The quantitative estimate of drug-likeness (QED) is 0.380. The molecular weight excluding hydrogens is 483 g/mol. The van der Waals surface area contributed by atoms with Gasteiger partial charge in [0.15, 0.2) is 0 Å². The normalized spacial score (nSPS) is 17.4. The van der Waals surface area contributed by atoms with Gasteiger partial charge in [0.05, 0.1) is 22.3 Å². The Labute approximate surface area is 215 Å². The monoisotopic (exact) mass is 510 g/mol. The van der Waals surface area contributed by atoms with Gasteiger partial charge in [-0.1, -0.05) is 60.0 Å². The summed E-state index contributed by atoms with van der Waals surface area (Å²) in [5.41, 5.74) is 5.11. The van der Waals surface area contributed by atoms with E-state index in [0.29, 0.717) is 16.7 Å². The smallest absolute Gasteiger partial charge is 0.414 e. The summed E-state index contributed by atoms with van der Waals surface area (Å²) in [5, 5.41) is 3.77. The fraction of sp³-hybridized carbons (Fsp3) is 0.370. The maximum atomic E-state index is 12.3. The Bertz CT molecular complexity index is 1210. The second kappa shape index (κ2) is 10.9. The molecule has 2 aliphatic rings. The van der Waals surface area contributed by atoms with Crippen molar-refractivity contribution in [2.45, 2.75) is 38.0 Å². The molecule has 1 amide bonds. The summed E-state index contributed by atoms with van der Waals surface area (Å²) < 4.78 is 5.37. The van der Waals surface area contributed by atoms with Gasteiger partial charge in [0.1, 0.15) is 0 Å². The van der Waals surface area contributed by atoms with Crippen LogP contribution in [0.5, 0.6) is 0 Å². The van der Waals surface area contributed by atoms with Crippen LogP contribution in [-0.4, -0.2) is 47.2 Å². The van der Waals surface area contributed by atoms with Gasteiger partial charge in [-0.25, -0.2) is 14.8 Å². The number of carbonyl (C=O) groups is 1. The summed E-state index contributed by atoms with van der Waals surface area (Å²) in [6.45, 7) is 3.62. The Balaban J connectivity index is 1.26. The number of fused-ring (bicyclic) bond motifs is 3. The summed E-state index contributed by atoms with van der Waals surface area (Å²) in [5.74, 6) is 0.355. The molecule has 1 saturated heterocycles. The lowest BCUT2D eigenvalue weighted by molar-refractivity contribution is 0.148. The molecule has 1 atom stereocenters. The number of hydrogen-bond acceptors (Lipinski definition) is 5. The number of ether oxygens (including phenoxy) is 1. The molecule has 0 unspecified atom stereocenters. The first-order chi connectivity index (χ1) is 17.1. The maximum Gasteiger partial charge on any atom is 0.414 e. The van der Waals surface area contributed by atoms with Gasteiger partial charge in [0, 0.05) is 24.2 Å². The number of nitrogens with zero attached hydrogens (tertiary/aromatic N) is 3. The van der Waals surface area contributed by atoms with Crippen LogP contribution in [0.1, 0.15) is 48.3 Å². The number of hydrogen-bond donors (Lipinski definition) is 1. The van der Waals surface area contributed by atoms with Crippen molar-refractivity contribution < 1.29 is 9.53 Å². The first-order valence-corrected chi connectivity index (χ1v) is 12.9. The molecule has 2 heterocycles. The number of nitrogens with one attached hydrogen (secondary N) is 1. The van der Waals surface area contributed by atoms with Crippen molar-refractivity contribution in [2.24, 2.45) is 0 Å². The van der Waals surface area contributed by atoms with E-state index in [9.17, 15) is 4.79 Å². The molecule has 35 heavy (non-hydrogen) atoms. The number of piperidine rings is 1. The van der Waals surface area contributed by atoms with Gasteiger partial charge in [-0.05, 0) is 67.6 Å². The SMILES string of the molecule is O=C(Nc1ncc2c(n1)-c1ccccc1[C@H](c1ccc(Cl)c(Cl)c1)C2)OCCCN1CCCCC1. The molecule has 5 rings (SSSR count). The zero-order chi connectivity index (χ0) is 24.2. The van der Waals surface area contributed by atoms with Crippen LogP contribution >= 0.6 is 23.2 Å². The van der Waals surface area contributed by atoms with Crippen molar-refractivity contribution in [1.82, 2.24) is 14.9 Å². The summed E-state index contributed by atoms with van der Waals surface area (Å²) in [6, 6.07) is 13.9. The lowest BCUT2D eigenvalue weighted by atomic mass is 9.78. The van der Waals surface area contributed by atoms with Gasteiger partial charge in [-0.3, -0.25) is 5.32 Å². The first kappa shape index (κ1) is 24.0. The summed E-state index contributed by atoms with van der Waals surface area (Å²) >= 11 is 12.4. The number of halogens is 2. The fourth-order valence-corrected chi connectivity index (χ4v) is 5.29. The molecule has 1 fully saturated rings. The number of aromatic nitrogens is 2. The molecular formula is C27H28Cl2N4O2. The van der Waals surface area contributed by atoms with Crippen molar-refractivity contribution in [1.29, 1.82) is 0 Å². The number of likely N-dealkylation sites (tertiary alicyclic amines) is 1. The van der Waals surface area contributed by atoms with Gasteiger partial charge in [0.25, 0.3) is 0 Å². The van der Waals surface area contributed by atoms with E-state index in [4.69, 9.17) is 27.9 Å². The first-order valence-electron chi connectivity index (χ1n) is 12.1. The second-order valence-corrected chi connectivity index (χ2v) is 9.92. The molecule has 0 saturated carbocycles. The Morgan fingerprint density at radius 2 is 1.91 bits per heavy atom. The number of benzene rings is 2. The molecule has 8 heteroatoms. The van der Waals surface area contributed by atoms with E-state index < -0.39 is 6.09 Å². The highest BCUT2D eigenvalue weighted by Gasteiger charge is 2.28. The van der Waals surface area contributed by atoms with Crippen LogP contribution in [0.2, 0.25) is 10.0 Å². The van der Waals surface area contributed by atoms with Crippen LogP contribution in [-0.2, 0) is 11.2 Å². The minimum Gasteiger partial charge on any atom is -0.449 e. The van der Waals surface area contributed by atoms with E-state index in [2.05, 4.69) is 26.3 Å². The molecule has 1 aliphatic carbocycles. The maximum absolute atomic E-state index is 12.3. The van der Waals surface area contributed by atoms with Crippen LogP contribution in [0.15, 0.2) is 48.7 Å². The van der Waals surface area contributed by atoms with E-state index >= 15 is 0 Å².